The van der Waals surface area contributed by atoms with Crippen LogP contribution >= 0.6 is 0 Å². The van der Waals surface area contributed by atoms with E-state index in [9.17, 15) is 13.6 Å². The molecule has 5 rings (SSSR count). The third kappa shape index (κ3) is 2.62. The number of piperidine rings is 1. The van der Waals surface area contributed by atoms with Gasteiger partial charge in [0.2, 0.25) is 0 Å². The Morgan fingerprint density at radius 3 is 2.96 bits per heavy atom. The Kier molecular flexibility index (Phi) is 3.74. The zero-order chi connectivity index (χ0) is 18.5. The molecule has 1 aliphatic carbocycles. The van der Waals surface area contributed by atoms with E-state index in [2.05, 4.69) is 9.97 Å². The van der Waals surface area contributed by atoms with Crippen molar-refractivity contribution < 1.29 is 13.6 Å². The summed E-state index contributed by atoms with van der Waals surface area (Å²) in [4.78, 5) is 22.3. The Hall–Kier alpha value is -2.76. The standard InChI is InChI=1S/C21H19F2N3O/c22-13-9-16-14(17(23)10-13)4-6-20-15(16)2-1-7-26(20)21(27)12-3-5-18-19(8-12)25-11-24-18/h3,5,8-11,15,20H,1-2,4,6-7H2,(H,24,25)/t15-,20?/m1/s1. The Balaban J connectivity index is 1.50. The van der Waals surface area contributed by atoms with Crippen molar-refractivity contribution in [3.63, 3.8) is 0 Å². The molecule has 27 heavy (non-hydrogen) atoms. The number of likely N-dealkylation sites (tertiary alicyclic amines) is 1. The second-order valence-electron chi connectivity index (χ2n) is 7.44. The average molecular weight is 367 g/mol. The summed E-state index contributed by atoms with van der Waals surface area (Å²) in [5.41, 5.74) is 3.62. The number of imidazole rings is 1. The van der Waals surface area contributed by atoms with Crippen LogP contribution in [0.2, 0.25) is 0 Å². The van der Waals surface area contributed by atoms with E-state index < -0.39 is 11.6 Å². The van der Waals surface area contributed by atoms with Gasteiger partial charge < -0.3 is 9.88 Å². The number of aromatic amines is 1. The molecule has 1 fully saturated rings. The van der Waals surface area contributed by atoms with E-state index in [1.165, 1.54) is 6.07 Å². The number of aromatic nitrogens is 2. The maximum Gasteiger partial charge on any atom is 0.254 e. The lowest BCUT2D eigenvalue weighted by molar-refractivity contribution is 0.0545. The van der Waals surface area contributed by atoms with E-state index in [1.807, 2.05) is 17.0 Å². The fraction of sp³-hybridized carbons (Fsp3) is 0.333. The van der Waals surface area contributed by atoms with Crippen molar-refractivity contribution in [3.8, 4) is 0 Å². The summed E-state index contributed by atoms with van der Waals surface area (Å²) in [6, 6.07) is 7.86. The molecule has 2 heterocycles. The van der Waals surface area contributed by atoms with Crippen molar-refractivity contribution in [2.75, 3.05) is 6.54 Å². The van der Waals surface area contributed by atoms with Crippen LogP contribution < -0.4 is 0 Å². The third-order valence-corrected chi connectivity index (χ3v) is 5.99. The third-order valence-electron chi connectivity index (χ3n) is 5.99. The van der Waals surface area contributed by atoms with Crippen molar-refractivity contribution in [1.82, 2.24) is 14.9 Å². The monoisotopic (exact) mass is 367 g/mol. The van der Waals surface area contributed by atoms with Crippen LogP contribution in [0.4, 0.5) is 8.78 Å². The molecule has 1 aliphatic heterocycles. The van der Waals surface area contributed by atoms with Crippen LogP contribution in [0.3, 0.4) is 0 Å². The molecular formula is C21H19F2N3O. The molecule has 138 valence electrons. The summed E-state index contributed by atoms with van der Waals surface area (Å²) in [5.74, 6) is -1.04. The number of carbonyl (C=O) groups excluding carboxylic acids is 1. The maximum absolute atomic E-state index is 14.2. The number of fused-ring (bicyclic) bond motifs is 4. The zero-order valence-corrected chi connectivity index (χ0v) is 14.7. The Labute approximate surface area is 155 Å². The molecule has 0 radical (unpaired) electrons. The van der Waals surface area contributed by atoms with Crippen LogP contribution in [0.15, 0.2) is 36.7 Å². The van der Waals surface area contributed by atoms with Crippen LogP contribution in [0.5, 0.6) is 0 Å². The van der Waals surface area contributed by atoms with Gasteiger partial charge in [0.05, 0.1) is 17.4 Å². The summed E-state index contributed by atoms with van der Waals surface area (Å²) in [7, 11) is 0. The minimum absolute atomic E-state index is 0.00691. The maximum atomic E-state index is 14.2. The Morgan fingerprint density at radius 1 is 1.19 bits per heavy atom. The number of hydrogen-bond acceptors (Lipinski definition) is 2. The number of nitrogens with one attached hydrogen (secondary N) is 1. The number of amides is 1. The van der Waals surface area contributed by atoms with E-state index in [4.69, 9.17) is 0 Å². The number of halogens is 2. The van der Waals surface area contributed by atoms with E-state index in [1.54, 1.807) is 12.4 Å². The number of carbonyl (C=O) groups is 1. The van der Waals surface area contributed by atoms with E-state index in [0.717, 1.165) is 35.5 Å². The smallest absolute Gasteiger partial charge is 0.254 e. The van der Waals surface area contributed by atoms with E-state index in [0.29, 0.717) is 30.5 Å². The van der Waals surface area contributed by atoms with Crippen molar-refractivity contribution in [1.29, 1.82) is 0 Å². The molecule has 1 unspecified atom stereocenters. The van der Waals surface area contributed by atoms with Gasteiger partial charge in [-0.15, -0.1) is 0 Å². The molecule has 2 aromatic carbocycles. The molecule has 6 heteroatoms. The van der Waals surface area contributed by atoms with Crippen LogP contribution in [0.25, 0.3) is 11.0 Å². The molecule has 2 atom stereocenters. The second-order valence-corrected chi connectivity index (χ2v) is 7.44. The first-order valence-corrected chi connectivity index (χ1v) is 9.34. The number of H-pyrrole nitrogens is 1. The number of hydrogen-bond donors (Lipinski definition) is 1. The Bertz CT molecular complexity index is 1050. The lowest BCUT2D eigenvalue weighted by atomic mass is 9.74. The average Bonchev–Trinajstić information content (AvgIpc) is 3.14. The SMILES string of the molecule is O=C(c1ccc2nc[nH]c2c1)N1CCC[C@@H]2c3cc(F)cc(F)c3CCC21. The summed E-state index contributed by atoms with van der Waals surface area (Å²) in [6.45, 7) is 0.675. The fourth-order valence-electron chi connectivity index (χ4n) is 4.77. The number of nitrogens with zero attached hydrogens (tertiary/aromatic N) is 2. The molecule has 0 bridgehead atoms. The van der Waals surface area contributed by atoms with Gasteiger partial charge in [0.15, 0.2) is 0 Å². The highest BCUT2D eigenvalue weighted by atomic mass is 19.1. The van der Waals surface area contributed by atoms with Crippen molar-refractivity contribution in [2.24, 2.45) is 0 Å². The lowest BCUT2D eigenvalue weighted by Gasteiger charge is -2.45. The van der Waals surface area contributed by atoms with Crippen molar-refractivity contribution >= 4 is 16.9 Å². The molecule has 1 saturated heterocycles. The lowest BCUT2D eigenvalue weighted by Crippen LogP contribution is -2.49. The normalized spacial score (nSPS) is 21.8. The van der Waals surface area contributed by atoms with Crippen LogP contribution in [0, 0.1) is 11.6 Å². The number of benzene rings is 2. The van der Waals surface area contributed by atoms with Gasteiger partial charge in [0, 0.05) is 30.1 Å². The van der Waals surface area contributed by atoms with E-state index in [-0.39, 0.29) is 17.9 Å². The van der Waals surface area contributed by atoms with Gasteiger partial charge in [-0.25, -0.2) is 13.8 Å². The molecule has 0 spiro atoms. The van der Waals surface area contributed by atoms with Gasteiger partial charge >= 0.3 is 0 Å². The fourth-order valence-corrected chi connectivity index (χ4v) is 4.77. The first-order chi connectivity index (χ1) is 13.1. The molecule has 3 aromatic rings. The molecule has 4 nitrogen and oxygen atoms in total. The van der Waals surface area contributed by atoms with E-state index >= 15 is 0 Å². The van der Waals surface area contributed by atoms with Crippen LogP contribution in [-0.2, 0) is 6.42 Å². The van der Waals surface area contributed by atoms with Gasteiger partial charge in [-0.3, -0.25) is 4.79 Å². The summed E-state index contributed by atoms with van der Waals surface area (Å²) >= 11 is 0. The van der Waals surface area contributed by atoms with Crippen LogP contribution in [-0.4, -0.2) is 33.4 Å². The molecule has 1 aromatic heterocycles. The highest BCUT2D eigenvalue weighted by Gasteiger charge is 2.39. The minimum atomic E-state index is -0.542. The van der Waals surface area contributed by atoms with Gasteiger partial charge in [0.1, 0.15) is 11.6 Å². The topological polar surface area (TPSA) is 49.0 Å². The molecule has 1 amide bonds. The highest BCUT2D eigenvalue weighted by molar-refractivity contribution is 5.97. The predicted octanol–water partition coefficient (Wildman–Crippen LogP) is 4.18. The minimum Gasteiger partial charge on any atom is -0.345 e. The predicted molar refractivity (Wildman–Crippen MR) is 97.6 cm³/mol. The largest absolute Gasteiger partial charge is 0.345 e. The molecule has 0 saturated carbocycles. The highest BCUT2D eigenvalue weighted by Crippen LogP contribution is 2.42. The first-order valence-electron chi connectivity index (χ1n) is 9.34. The van der Waals surface area contributed by atoms with Crippen molar-refractivity contribution in [2.45, 2.75) is 37.6 Å². The van der Waals surface area contributed by atoms with Gasteiger partial charge in [-0.05, 0) is 61.1 Å². The zero-order valence-electron chi connectivity index (χ0n) is 14.7. The summed E-state index contributed by atoms with van der Waals surface area (Å²) in [5, 5.41) is 0. The quantitative estimate of drug-likeness (QED) is 0.702. The number of rotatable bonds is 1. The molecule has 1 N–H and O–H groups in total. The van der Waals surface area contributed by atoms with Crippen molar-refractivity contribution in [3.05, 3.63) is 65.0 Å². The Morgan fingerprint density at radius 2 is 2.07 bits per heavy atom. The van der Waals surface area contributed by atoms with Crippen LogP contribution in [0.1, 0.15) is 46.7 Å². The van der Waals surface area contributed by atoms with Gasteiger partial charge in [0.25, 0.3) is 5.91 Å². The van der Waals surface area contributed by atoms with Gasteiger partial charge in [-0.2, -0.15) is 0 Å². The van der Waals surface area contributed by atoms with Gasteiger partial charge in [-0.1, -0.05) is 0 Å². The molecular weight excluding hydrogens is 348 g/mol. The summed E-state index contributed by atoms with van der Waals surface area (Å²) < 4.78 is 28.0. The second kappa shape index (κ2) is 6.15. The summed E-state index contributed by atoms with van der Waals surface area (Å²) in [6.07, 6.45) is 4.53. The molecule has 2 aliphatic rings. The first kappa shape index (κ1) is 16.4.